The lowest BCUT2D eigenvalue weighted by Gasteiger charge is -2.09. The van der Waals surface area contributed by atoms with Crippen LogP contribution in [0, 0.1) is 5.92 Å². The third-order valence-electron chi connectivity index (χ3n) is 3.80. The Hall–Kier alpha value is -3.15. The summed E-state index contributed by atoms with van der Waals surface area (Å²) in [5.74, 6) is -0.273. The highest BCUT2D eigenvalue weighted by molar-refractivity contribution is 6.05. The molecular weight excluding hydrogens is 318 g/mol. The fraction of sp³-hybridized carbons (Fsp3) is 0.211. The van der Waals surface area contributed by atoms with Crippen LogP contribution in [0.25, 0.3) is 0 Å². The summed E-state index contributed by atoms with van der Waals surface area (Å²) in [5.41, 5.74) is 2.34. The quantitative estimate of drug-likeness (QED) is 0.782. The Morgan fingerprint density at radius 2 is 1.48 bits per heavy atom. The normalized spacial score (nSPS) is 13.0. The Balaban J connectivity index is 1.62. The molecule has 0 atom stereocenters. The maximum atomic E-state index is 12.3. The van der Waals surface area contributed by atoms with Crippen molar-refractivity contribution < 1.29 is 14.4 Å². The Kier molecular flexibility index (Phi) is 4.79. The van der Waals surface area contributed by atoms with E-state index in [4.69, 9.17) is 0 Å². The van der Waals surface area contributed by atoms with E-state index in [0.717, 1.165) is 12.8 Å². The molecule has 0 aliphatic heterocycles. The molecule has 25 heavy (non-hydrogen) atoms. The van der Waals surface area contributed by atoms with E-state index in [1.165, 1.54) is 6.92 Å². The zero-order chi connectivity index (χ0) is 17.8. The van der Waals surface area contributed by atoms with Crippen LogP contribution < -0.4 is 16.0 Å². The first kappa shape index (κ1) is 16.7. The van der Waals surface area contributed by atoms with Crippen molar-refractivity contribution in [3.63, 3.8) is 0 Å². The predicted molar refractivity (Wildman–Crippen MR) is 96.5 cm³/mol. The van der Waals surface area contributed by atoms with E-state index in [1.807, 2.05) is 0 Å². The van der Waals surface area contributed by atoms with Gasteiger partial charge >= 0.3 is 0 Å². The lowest BCUT2D eigenvalue weighted by Crippen LogP contribution is -2.14. The Morgan fingerprint density at radius 1 is 0.840 bits per heavy atom. The molecule has 1 aliphatic carbocycles. The number of hydrogen-bond acceptors (Lipinski definition) is 3. The summed E-state index contributed by atoms with van der Waals surface area (Å²) >= 11 is 0. The van der Waals surface area contributed by atoms with Crippen LogP contribution in [-0.4, -0.2) is 17.7 Å². The molecule has 2 aromatic rings. The molecule has 6 nitrogen and oxygen atoms in total. The molecule has 6 heteroatoms. The van der Waals surface area contributed by atoms with E-state index in [-0.39, 0.29) is 23.6 Å². The molecule has 0 heterocycles. The minimum atomic E-state index is -0.276. The van der Waals surface area contributed by atoms with Crippen molar-refractivity contribution in [3.05, 3.63) is 54.1 Å². The summed E-state index contributed by atoms with van der Waals surface area (Å²) in [7, 11) is 0. The third-order valence-corrected chi connectivity index (χ3v) is 3.80. The predicted octanol–water partition coefficient (Wildman–Crippen LogP) is 3.25. The molecule has 0 bridgehead atoms. The number of hydrogen-bond donors (Lipinski definition) is 3. The van der Waals surface area contributed by atoms with Crippen molar-refractivity contribution >= 4 is 34.8 Å². The molecule has 0 saturated heterocycles. The molecule has 3 N–H and O–H groups in total. The van der Waals surface area contributed by atoms with Gasteiger partial charge in [0, 0.05) is 35.5 Å². The summed E-state index contributed by atoms with van der Waals surface area (Å²) in [5, 5.41) is 8.28. The Labute approximate surface area is 145 Å². The van der Waals surface area contributed by atoms with E-state index in [9.17, 15) is 14.4 Å². The van der Waals surface area contributed by atoms with Crippen LogP contribution in [-0.2, 0) is 9.59 Å². The van der Waals surface area contributed by atoms with Crippen molar-refractivity contribution in [3.8, 4) is 0 Å². The van der Waals surface area contributed by atoms with Gasteiger partial charge in [0.15, 0.2) is 0 Å². The fourth-order valence-electron chi connectivity index (χ4n) is 2.37. The molecule has 1 aliphatic rings. The van der Waals surface area contributed by atoms with Gasteiger partial charge in [-0.25, -0.2) is 0 Å². The van der Waals surface area contributed by atoms with E-state index in [1.54, 1.807) is 48.5 Å². The molecule has 1 fully saturated rings. The smallest absolute Gasteiger partial charge is 0.255 e. The van der Waals surface area contributed by atoms with Crippen molar-refractivity contribution in [2.75, 3.05) is 16.0 Å². The maximum absolute atomic E-state index is 12.3. The molecule has 3 rings (SSSR count). The van der Waals surface area contributed by atoms with Crippen LogP contribution in [0.3, 0.4) is 0 Å². The zero-order valence-corrected chi connectivity index (χ0v) is 13.8. The van der Waals surface area contributed by atoms with E-state index >= 15 is 0 Å². The third kappa shape index (κ3) is 4.67. The van der Waals surface area contributed by atoms with Crippen molar-refractivity contribution in [2.45, 2.75) is 19.8 Å². The summed E-state index contributed by atoms with van der Waals surface area (Å²) in [6.45, 7) is 1.41. The standard InChI is InChI=1S/C19H19N3O3/c1-12(23)20-17-4-2-3-14(11-17)19(25)22-16-9-7-15(8-10-16)21-18(24)13-5-6-13/h2-4,7-11,13H,5-6H2,1H3,(H,20,23)(H,21,24)(H,22,25). The molecular formula is C19H19N3O3. The number of rotatable bonds is 5. The first-order valence-electron chi connectivity index (χ1n) is 8.11. The maximum Gasteiger partial charge on any atom is 0.255 e. The summed E-state index contributed by atoms with van der Waals surface area (Å²) in [6, 6.07) is 13.7. The molecule has 0 spiro atoms. The van der Waals surface area contributed by atoms with Crippen LogP contribution in [0.1, 0.15) is 30.1 Å². The average Bonchev–Trinajstić information content (AvgIpc) is 3.41. The molecule has 0 radical (unpaired) electrons. The number of anilines is 3. The largest absolute Gasteiger partial charge is 0.326 e. The fourth-order valence-corrected chi connectivity index (χ4v) is 2.37. The summed E-state index contributed by atoms with van der Waals surface area (Å²) in [4.78, 5) is 35.1. The van der Waals surface area contributed by atoms with Gasteiger partial charge in [0.1, 0.15) is 0 Å². The van der Waals surface area contributed by atoms with E-state index in [0.29, 0.717) is 22.6 Å². The second-order valence-electron chi connectivity index (χ2n) is 6.06. The molecule has 3 amide bonds. The van der Waals surface area contributed by atoms with Crippen molar-refractivity contribution in [1.82, 2.24) is 0 Å². The zero-order valence-electron chi connectivity index (χ0n) is 13.8. The highest BCUT2D eigenvalue weighted by atomic mass is 16.2. The second kappa shape index (κ2) is 7.17. The minimum Gasteiger partial charge on any atom is -0.326 e. The van der Waals surface area contributed by atoms with Crippen molar-refractivity contribution in [2.24, 2.45) is 5.92 Å². The number of carbonyl (C=O) groups excluding carboxylic acids is 3. The van der Waals surface area contributed by atoms with Gasteiger partial charge in [0.25, 0.3) is 5.91 Å². The molecule has 1 saturated carbocycles. The lowest BCUT2D eigenvalue weighted by molar-refractivity contribution is -0.117. The molecule has 0 unspecified atom stereocenters. The van der Waals surface area contributed by atoms with Gasteiger partial charge in [0.2, 0.25) is 11.8 Å². The number of carbonyl (C=O) groups is 3. The van der Waals surface area contributed by atoms with Crippen molar-refractivity contribution in [1.29, 1.82) is 0 Å². The number of nitrogens with one attached hydrogen (secondary N) is 3. The van der Waals surface area contributed by atoms with Gasteiger partial charge in [-0.1, -0.05) is 6.07 Å². The van der Waals surface area contributed by atoms with E-state index in [2.05, 4.69) is 16.0 Å². The minimum absolute atomic E-state index is 0.0478. The highest BCUT2D eigenvalue weighted by Gasteiger charge is 2.29. The Morgan fingerprint density at radius 3 is 2.08 bits per heavy atom. The monoisotopic (exact) mass is 337 g/mol. The van der Waals surface area contributed by atoms with Crippen LogP contribution >= 0.6 is 0 Å². The molecule has 0 aromatic heterocycles. The van der Waals surface area contributed by atoms with Gasteiger partial charge in [-0.2, -0.15) is 0 Å². The van der Waals surface area contributed by atoms with Gasteiger partial charge in [-0.3, -0.25) is 14.4 Å². The average molecular weight is 337 g/mol. The second-order valence-corrected chi connectivity index (χ2v) is 6.06. The van der Waals surface area contributed by atoms with Crippen LogP contribution in [0.4, 0.5) is 17.1 Å². The van der Waals surface area contributed by atoms with E-state index < -0.39 is 0 Å². The SMILES string of the molecule is CC(=O)Nc1cccc(C(=O)Nc2ccc(NC(=O)C3CC3)cc2)c1. The highest BCUT2D eigenvalue weighted by Crippen LogP contribution is 2.30. The Bertz CT molecular complexity index is 811. The van der Waals surface area contributed by atoms with Crippen LogP contribution in [0.15, 0.2) is 48.5 Å². The molecule has 128 valence electrons. The number of amides is 3. The first-order chi connectivity index (χ1) is 12.0. The van der Waals surface area contributed by atoms with Gasteiger partial charge in [0.05, 0.1) is 0 Å². The van der Waals surface area contributed by atoms with Gasteiger partial charge in [-0.05, 0) is 55.3 Å². The van der Waals surface area contributed by atoms with Crippen LogP contribution in [0.5, 0.6) is 0 Å². The molecule has 2 aromatic carbocycles. The lowest BCUT2D eigenvalue weighted by atomic mass is 10.1. The van der Waals surface area contributed by atoms with Gasteiger partial charge < -0.3 is 16.0 Å². The summed E-state index contributed by atoms with van der Waals surface area (Å²) < 4.78 is 0. The number of benzene rings is 2. The summed E-state index contributed by atoms with van der Waals surface area (Å²) in [6.07, 6.45) is 1.91. The van der Waals surface area contributed by atoms with Crippen LogP contribution in [0.2, 0.25) is 0 Å². The van der Waals surface area contributed by atoms with Gasteiger partial charge in [-0.15, -0.1) is 0 Å². The first-order valence-corrected chi connectivity index (χ1v) is 8.11. The topological polar surface area (TPSA) is 87.3 Å².